The molecule has 3 heteroatoms. The van der Waals surface area contributed by atoms with Crippen molar-refractivity contribution in [3.05, 3.63) is 54.0 Å². The molecule has 1 aromatic carbocycles. The first-order chi connectivity index (χ1) is 8.85. The zero-order valence-electron chi connectivity index (χ0n) is 10.8. The topological polar surface area (TPSA) is 34.4 Å². The summed E-state index contributed by atoms with van der Waals surface area (Å²) in [6.07, 6.45) is 2.68. The molecule has 1 aromatic heterocycles. The third-order valence-corrected chi connectivity index (χ3v) is 2.94. The van der Waals surface area contributed by atoms with E-state index in [-0.39, 0.29) is 6.04 Å². The molecule has 0 saturated carbocycles. The van der Waals surface area contributed by atoms with Crippen molar-refractivity contribution in [3.63, 3.8) is 0 Å². The molecule has 0 fully saturated rings. The summed E-state index contributed by atoms with van der Waals surface area (Å²) in [6, 6.07) is 12.3. The van der Waals surface area contributed by atoms with Gasteiger partial charge in [-0.3, -0.25) is 0 Å². The average Bonchev–Trinajstić information content (AvgIpc) is 2.92. The van der Waals surface area contributed by atoms with Crippen LogP contribution in [0.2, 0.25) is 0 Å². The maximum Gasteiger partial charge on any atom is 0.125 e. The molecule has 2 rings (SSSR count). The lowest BCUT2D eigenvalue weighted by Crippen LogP contribution is -2.10. The van der Waals surface area contributed by atoms with Gasteiger partial charge in [-0.2, -0.15) is 0 Å². The van der Waals surface area contributed by atoms with E-state index in [4.69, 9.17) is 9.15 Å². The van der Waals surface area contributed by atoms with Crippen LogP contribution in [0.3, 0.4) is 0 Å². The summed E-state index contributed by atoms with van der Waals surface area (Å²) < 4.78 is 10.7. The van der Waals surface area contributed by atoms with E-state index in [1.165, 1.54) is 0 Å². The molecule has 1 atom stereocenters. The smallest absolute Gasteiger partial charge is 0.125 e. The fourth-order valence-electron chi connectivity index (χ4n) is 1.99. The number of nitrogens with one attached hydrogen (secondary N) is 1. The highest BCUT2D eigenvalue weighted by atomic mass is 16.5. The maximum atomic E-state index is 5.46. The van der Waals surface area contributed by atoms with Crippen LogP contribution in [0.25, 0.3) is 0 Å². The summed E-state index contributed by atoms with van der Waals surface area (Å²) in [5, 5.41) is 3.51. The number of methoxy groups -OCH3 is 1. The summed E-state index contributed by atoms with van der Waals surface area (Å²) in [7, 11) is 1.71. The van der Waals surface area contributed by atoms with Gasteiger partial charge in [-0.15, -0.1) is 0 Å². The lowest BCUT2D eigenvalue weighted by molar-refractivity contribution is 0.185. The van der Waals surface area contributed by atoms with Crippen LogP contribution in [0.1, 0.15) is 30.7 Å². The van der Waals surface area contributed by atoms with Gasteiger partial charge in [0.15, 0.2) is 0 Å². The number of para-hydroxylation sites is 1. The SMILES string of the molecule is CCC(Nc1ccccc1COC)c1ccco1. The van der Waals surface area contributed by atoms with E-state index in [0.717, 1.165) is 23.4 Å². The van der Waals surface area contributed by atoms with E-state index in [2.05, 4.69) is 24.4 Å². The van der Waals surface area contributed by atoms with E-state index in [1.807, 2.05) is 24.3 Å². The highest BCUT2D eigenvalue weighted by Gasteiger charge is 2.13. The summed E-state index contributed by atoms with van der Waals surface area (Å²) in [5.74, 6) is 0.963. The highest BCUT2D eigenvalue weighted by molar-refractivity contribution is 5.52. The van der Waals surface area contributed by atoms with Crippen LogP contribution in [0, 0.1) is 0 Å². The van der Waals surface area contributed by atoms with Gasteiger partial charge in [0.25, 0.3) is 0 Å². The molecule has 3 nitrogen and oxygen atoms in total. The minimum absolute atomic E-state index is 0.193. The molecule has 18 heavy (non-hydrogen) atoms. The number of ether oxygens (including phenoxy) is 1. The third kappa shape index (κ3) is 2.93. The molecule has 96 valence electrons. The number of hydrogen-bond acceptors (Lipinski definition) is 3. The fourth-order valence-corrected chi connectivity index (χ4v) is 1.99. The van der Waals surface area contributed by atoms with Crippen LogP contribution in [-0.2, 0) is 11.3 Å². The van der Waals surface area contributed by atoms with Crippen LogP contribution < -0.4 is 5.32 Å². The summed E-state index contributed by atoms with van der Waals surface area (Å²) in [4.78, 5) is 0. The largest absolute Gasteiger partial charge is 0.467 e. The number of rotatable bonds is 6. The van der Waals surface area contributed by atoms with E-state index in [9.17, 15) is 0 Å². The van der Waals surface area contributed by atoms with Gasteiger partial charge in [-0.05, 0) is 24.6 Å². The van der Waals surface area contributed by atoms with E-state index in [0.29, 0.717) is 6.61 Å². The molecule has 0 aliphatic heterocycles. The molecule has 2 aromatic rings. The second kappa shape index (κ2) is 6.26. The van der Waals surface area contributed by atoms with Crippen molar-refractivity contribution < 1.29 is 9.15 Å². The third-order valence-electron chi connectivity index (χ3n) is 2.94. The van der Waals surface area contributed by atoms with Crippen LogP contribution >= 0.6 is 0 Å². The van der Waals surface area contributed by atoms with Crippen molar-refractivity contribution in [2.75, 3.05) is 12.4 Å². The Morgan fingerprint density at radius 1 is 1.22 bits per heavy atom. The first-order valence-corrected chi connectivity index (χ1v) is 6.22. The minimum atomic E-state index is 0.193. The Labute approximate surface area is 108 Å². The van der Waals surface area contributed by atoms with Gasteiger partial charge in [0, 0.05) is 18.4 Å². The van der Waals surface area contributed by atoms with Gasteiger partial charge in [0.1, 0.15) is 5.76 Å². The van der Waals surface area contributed by atoms with Gasteiger partial charge in [-0.25, -0.2) is 0 Å². The van der Waals surface area contributed by atoms with Crippen molar-refractivity contribution in [1.82, 2.24) is 0 Å². The summed E-state index contributed by atoms with van der Waals surface area (Å²) in [6.45, 7) is 2.75. The Kier molecular flexibility index (Phi) is 4.42. The Bertz CT molecular complexity index is 465. The van der Waals surface area contributed by atoms with E-state index >= 15 is 0 Å². The first kappa shape index (κ1) is 12.7. The molecule has 1 N–H and O–H groups in total. The van der Waals surface area contributed by atoms with Crippen LogP contribution in [0.5, 0.6) is 0 Å². The van der Waals surface area contributed by atoms with Crippen LogP contribution in [0.15, 0.2) is 47.1 Å². The fraction of sp³-hybridized carbons (Fsp3) is 0.333. The maximum absolute atomic E-state index is 5.46. The number of hydrogen-bond donors (Lipinski definition) is 1. The number of furan rings is 1. The van der Waals surface area contributed by atoms with Gasteiger partial charge in [0.2, 0.25) is 0 Å². The van der Waals surface area contributed by atoms with Crippen LogP contribution in [0.4, 0.5) is 5.69 Å². The summed E-state index contributed by atoms with van der Waals surface area (Å²) in [5.41, 5.74) is 2.26. The lowest BCUT2D eigenvalue weighted by atomic mass is 10.1. The Morgan fingerprint density at radius 2 is 2.06 bits per heavy atom. The van der Waals surface area contributed by atoms with Gasteiger partial charge in [-0.1, -0.05) is 25.1 Å². The molecule has 1 unspecified atom stereocenters. The number of anilines is 1. The lowest BCUT2D eigenvalue weighted by Gasteiger charge is -2.18. The molecule has 0 amide bonds. The van der Waals surface area contributed by atoms with E-state index < -0.39 is 0 Å². The molecule has 0 radical (unpaired) electrons. The average molecular weight is 245 g/mol. The quantitative estimate of drug-likeness (QED) is 0.835. The van der Waals surface area contributed by atoms with Crippen LogP contribution in [-0.4, -0.2) is 7.11 Å². The van der Waals surface area contributed by atoms with Crippen molar-refractivity contribution in [3.8, 4) is 0 Å². The molecule has 0 bridgehead atoms. The molecular weight excluding hydrogens is 226 g/mol. The van der Waals surface area contributed by atoms with Gasteiger partial charge in [0.05, 0.1) is 18.9 Å². The molecule has 0 aliphatic rings. The number of benzene rings is 1. The standard InChI is InChI=1S/C15H19NO2/c1-3-13(15-9-6-10-18-15)16-14-8-5-4-7-12(14)11-17-2/h4-10,13,16H,3,11H2,1-2H3. The second-order valence-corrected chi connectivity index (χ2v) is 4.21. The molecular formula is C15H19NO2. The van der Waals surface area contributed by atoms with Crippen molar-refractivity contribution in [2.45, 2.75) is 26.0 Å². The first-order valence-electron chi connectivity index (χ1n) is 6.22. The predicted molar refractivity (Wildman–Crippen MR) is 72.5 cm³/mol. The molecule has 1 heterocycles. The molecule has 0 aliphatic carbocycles. The highest BCUT2D eigenvalue weighted by Crippen LogP contribution is 2.25. The monoisotopic (exact) mass is 245 g/mol. The predicted octanol–water partition coefficient (Wildman–Crippen LogP) is 3.99. The van der Waals surface area contributed by atoms with Crippen molar-refractivity contribution in [2.24, 2.45) is 0 Å². The zero-order chi connectivity index (χ0) is 12.8. The Hall–Kier alpha value is -1.74. The second-order valence-electron chi connectivity index (χ2n) is 4.21. The van der Waals surface area contributed by atoms with Crippen molar-refractivity contribution >= 4 is 5.69 Å². The normalized spacial score (nSPS) is 12.3. The minimum Gasteiger partial charge on any atom is -0.467 e. The summed E-state index contributed by atoms with van der Waals surface area (Å²) >= 11 is 0. The van der Waals surface area contributed by atoms with E-state index in [1.54, 1.807) is 13.4 Å². The molecule has 0 saturated heterocycles. The van der Waals surface area contributed by atoms with Crippen molar-refractivity contribution in [1.29, 1.82) is 0 Å². The van der Waals surface area contributed by atoms with Gasteiger partial charge < -0.3 is 14.5 Å². The van der Waals surface area contributed by atoms with Gasteiger partial charge >= 0.3 is 0 Å². The Morgan fingerprint density at radius 3 is 2.72 bits per heavy atom. The Balaban J connectivity index is 2.17. The molecule has 0 spiro atoms. The zero-order valence-corrected chi connectivity index (χ0v) is 10.8.